The molecule has 0 aliphatic rings. The molecule has 5 heteroatoms. The van der Waals surface area contributed by atoms with Crippen LogP contribution in [0.2, 0.25) is 0 Å². The molecule has 0 heterocycles. The van der Waals surface area contributed by atoms with Crippen molar-refractivity contribution in [3.63, 3.8) is 0 Å². The zero-order valence-electron chi connectivity index (χ0n) is 15.7. The van der Waals surface area contributed by atoms with Gasteiger partial charge in [-0.3, -0.25) is 4.55 Å². The topological polar surface area (TPSA) is 74.6 Å². The van der Waals surface area contributed by atoms with Gasteiger partial charge in [-0.25, -0.2) is 0 Å². The van der Waals surface area contributed by atoms with Gasteiger partial charge in [0.1, 0.15) is 0 Å². The van der Waals surface area contributed by atoms with Gasteiger partial charge in [0.15, 0.2) is 0 Å². The number of hydrogen-bond donors (Lipinski definition) is 2. The highest BCUT2D eigenvalue weighted by molar-refractivity contribution is 7.85. The summed E-state index contributed by atoms with van der Waals surface area (Å²) < 4.78 is 29.7. The van der Waals surface area contributed by atoms with Crippen molar-refractivity contribution in [3.05, 3.63) is 0 Å². The van der Waals surface area contributed by atoms with Gasteiger partial charge in [0.2, 0.25) is 0 Å². The molecule has 0 rings (SSSR count). The van der Waals surface area contributed by atoms with Crippen molar-refractivity contribution < 1.29 is 18.1 Å². The molecule has 0 saturated heterocycles. The van der Waals surface area contributed by atoms with Crippen molar-refractivity contribution in [2.45, 2.75) is 116 Å². The Hall–Kier alpha value is -0.130. The Labute approximate surface area is 150 Å². The molecule has 1 unspecified atom stereocenters. The average molecular weight is 365 g/mol. The molecule has 0 aromatic heterocycles. The lowest BCUT2D eigenvalue weighted by Gasteiger charge is -2.10. The SMILES string of the molecule is CCCCCCCCCCC(O)CCCCCCCCS(=O)(=O)O. The van der Waals surface area contributed by atoms with E-state index in [-0.39, 0.29) is 11.9 Å². The van der Waals surface area contributed by atoms with E-state index in [9.17, 15) is 13.5 Å². The summed E-state index contributed by atoms with van der Waals surface area (Å²) in [6, 6.07) is 0. The summed E-state index contributed by atoms with van der Waals surface area (Å²) in [7, 11) is -3.79. The lowest BCUT2D eigenvalue weighted by molar-refractivity contribution is 0.147. The van der Waals surface area contributed by atoms with Crippen LogP contribution in [-0.2, 0) is 10.1 Å². The maximum absolute atomic E-state index is 10.6. The minimum Gasteiger partial charge on any atom is -0.393 e. The molecule has 0 aromatic rings. The van der Waals surface area contributed by atoms with Gasteiger partial charge >= 0.3 is 0 Å². The summed E-state index contributed by atoms with van der Waals surface area (Å²) in [6.45, 7) is 2.24. The van der Waals surface area contributed by atoms with Crippen LogP contribution >= 0.6 is 0 Å². The van der Waals surface area contributed by atoms with Crippen LogP contribution in [0.4, 0.5) is 0 Å². The van der Waals surface area contributed by atoms with E-state index in [1.165, 1.54) is 44.9 Å². The molecule has 24 heavy (non-hydrogen) atoms. The van der Waals surface area contributed by atoms with Gasteiger partial charge in [-0.15, -0.1) is 0 Å². The zero-order valence-corrected chi connectivity index (χ0v) is 16.5. The van der Waals surface area contributed by atoms with Gasteiger partial charge < -0.3 is 5.11 Å². The quantitative estimate of drug-likeness (QED) is 0.249. The van der Waals surface area contributed by atoms with Crippen molar-refractivity contribution in [2.75, 3.05) is 5.75 Å². The highest BCUT2D eigenvalue weighted by Crippen LogP contribution is 2.14. The zero-order chi connectivity index (χ0) is 18.1. The standard InChI is InChI=1S/C19H40O4S/c1-2-3-4-5-6-7-10-13-16-19(20)17-14-11-8-9-12-15-18-24(21,22)23/h19-20H,2-18H2,1H3,(H,21,22,23). The van der Waals surface area contributed by atoms with Crippen LogP contribution < -0.4 is 0 Å². The molecule has 146 valence electrons. The first-order valence-corrected chi connectivity index (χ1v) is 11.7. The van der Waals surface area contributed by atoms with Gasteiger partial charge in [-0.05, 0) is 19.3 Å². The monoisotopic (exact) mass is 364 g/mol. The largest absolute Gasteiger partial charge is 0.393 e. The molecule has 0 amide bonds. The second-order valence-electron chi connectivity index (χ2n) is 7.11. The van der Waals surface area contributed by atoms with E-state index < -0.39 is 10.1 Å². The van der Waals surface area contributed by atoms with Crippen molar-refractivity contribution in [1.29, 1.82) is 0 Å². The third kappa shape index (κ3) is 19.9. The number of aliphatic hydroxyl groups is 1. The molecule has 0 aliphatic carbocycles. The Bertz CT molecular complexity index is 354. The lowest BCUT2D eigenvalue weighted by atomic mass is 10.0. The van der Waals surface area contributed by atoms with Gasteiger partial charge in [-0.1, -0.05) is 90.4 Å². The maximum atomic E-state index is 10.6. The molecule has 0 radical (unpaired) electrons. The van der Waals surface area contributed by atoms with Crippen molar-refractivity contribution in [2.24, 2.45) is 0 Å². The maximum Gasteiger partial charge on any atom is 0.264 e. The summed E-state index contributed by atoms with van der Waals surface area (Å²) in [5.74, 6) is -0.121. The molecule has 0 spiro atoms. The van der Waals surface area contributed by atoms with E-state index in [1.807, 2.05) is 0 Å². The van der Waals surface area contributed by atoms with E-state index in [0.717, 1.165) is 51.4 Å². The first kappa shape index (κ1) is 23.9. The lowest BCUT2D eigenvalue weighted by Crippen LogP contribution is -2.06. The predicted octanol–water partition coefficient (Wildman–Crippen LogP) is 5.50. The Morgan fingerprint density at radius 1 is 0.667 bits per heavy atom. The highest BCUT2D eigenvalue weighted by Gasteiger charge is 2.05. The number of aliphatic hydroxyl groups excluding tert-OH is 1. The summed E-state index contributed by atoms with van der Waals surface area (Å²) in [5, 5.41) is 9.96. The molecule has 4 nitrogen and oxygen atoms in total. The third-order valence-corrected chi connectivity index (χ3v) is 5.39. The van der Waals surface area contributed by atoms with Gasteiger partial charge in [0.05, 0.1) is 11.9 Å². The number of hydrogen-bond acceptors (Lipinski definition) is 3. The summed E-state index contributed by atoms with van der Waals surface area (Å²) in [6.07, 6.45) is 17.7. The van der Waals surface area contributed by atoms with E-state index >= 15 is 0 Å². The van der Waals surface area contributed by atoms with Crippen LogP contribution in [0.25, 0.3) is 0 Å². The van der Waals surface area contributed by atoms with Crippen molar-refractivity contribution in [1.82, 2.24) is 0 Å². The van der Waals surface area contributed by atoms with Crippen LogP contribution in [0.5, 0.6) is 0 Å². The van der Waals surface area contributed by atoms with E-state index in [4.69, 9.17) is 4.55 Å². The van der Waals surface area contributed by atoms with E-state index in [0.29, 0.717) is 6.42 Å². The Morgan fingerprint density at radius 3 is 1.46 bits per heavy atom. The summed E-state index contributed by atoms with van der Waals surface area (Å²) in [5.41, 5.74) is 0. The molecular formula is C19H40O4S. The van der Waals surface area contributed by atoms with Crippen LogP contribution in [-0.4, -0.2) is 29.9 Å². The summed E-state index contributed by atoms with van der Waals surface area (Å²) in [4.78, 5) is 0. The molecule has 0 aromatic carbocycles. The minimum absolute atomic E-state index is 0.121. The highest BCUT2D eigenvalue weighted by atomic mass is 32.2. The molecule has 0 fully saturated rings. The van der Waals surface area contributed by atoms with Crippen LogP contribution in [0.3, 0.4) is 0 Å². The molecule has 0 saturated carbocycles. The average Bonchev–Trinajstić information content (AvgIpc) is 2.51. The van der Waals surface area contributed by atoms with Crippen molar-refractivity contribution >= 4 is 10.1 Å². The number of rotatable bonds is 18. The fourth-order valence-electron chi connectivity index (χ4n) is 3.03. The molecule has 0 bridgehead atoms. The predicted molar refractivity (Wildman–Crippen MR) is 102 cm³/mol. The second-order valence-corrected chi connectivity index (χ2v) is 8.69. The second kappa shape index (κ2) is 16.3. The minimum atomic E-state index is -3.79. The third-order valence-electron chi connectivity index (χ3n) is 4.58. The number of unbranched alkanes of at least 4 members (excludes halogenated alkanes) is 12. The van der Waals surface area contributed by atoms with Crippen LogP contribution in [0.15, 0.2) is 0 Å². The van der Waals surface area contributed by atoms with Gasteiger partial charge in [0, 0.05) is 0 Å². The van der Waals surface area contributed by atoms with E-state index in [2.05, 4.69) is 6.92 Å². The molecule has 1 atom stereocenters. The van der Waals surface area contributed by atoms with Crippen molar-refractivity contribution in [3.8, 4) is 0 Å². The molecule has 2 N–H and O–H groups in total. The molecule has 0 aliphatic heterocycles. The van der Waals surface area contributed by atoms with Gasteiger partial charge in [0.25, 0.3) is 10.1 Å². The van der Waals surface area contributed by atoms with Crippen LogP contribution in [0.1, 0.15) is 110 Å². The fraction of sp³-hybridized carbons (Fsp3) is 1.00. The van der Waals surface area contributed by atoms with Crippen LogP contribution in [0, 0.1) is 0 Å². The first-order valence-electron chi connectivity index (χ1n) is 10.1. The van der Waals surface area contributed by atoms with Gasteiger partial charge in [-0.2, -0.15) is 8.42 Å². The fourth-order valence-corrected chi connectivity index (χ4v) is 3.60. The summed E-state index contributed by atoms with van der Waals surface area (Å²) >= 11 is 0. The molecular weight excluding hydrogens is 324 g/mol. The Morgan fingerprint density at radius 2 is 1.04 bits per heavy atom. The Kier molecular flexibility index (Phi) is 16.3. The Balaban J connectivity index is 3.22. The van der Waals surface area contributed by atoms with E-state index in [1.54, 1.807) is 0 Å². The first-order chi connectivity index (χ1) is 11.5. The normalized spacial score (nSPS) is 13.3. The smallest absolute Gasteiger partial charge is 0.264 e.